The van der Waals surface area contributed by atoms with Crippen LogP contribution in [0.15, 0.2) is 18.2 Å². The zero-order valence-electron chi connectivity index (χ0n) is 14.4. The van der Waals surface area contributed by atoms with Gasteiger partial charge in [-0.2, -0.15) is 40.5 Å². The summed E-state index contributed by atoms with van der Waals surface area (Å²) in [5.41, 5.74) is 4.20. The highest BCUT2D eigenvalue weighted by atomic mass is 32.1. The van der Waals surface area contributed by atoms with Crippen molar-refractivity contribution in [2.24, 2.45) is 5.92 Å². The van der Waals surface area contributed by atoms with Crippen LogP contribution in [0.2, 0.25) is 0 Å². The third-order valence-corrected chi connectivity index (χ3v) is 5.17. The van der Waals surface area contributed by atoms with Gasteiger partial charge in [-0.05, 0) is 42.4 Å². The molecule has 0 amide bonds. The molecule has 0 unspecified atom stereocenters. The first kappa shape index (κ1) is 24.1. The predicted octanol–water partition coefficient (Wildman–Crippen LogP) is 3.62. The van der Waals surface area contributed by atoms with Gasteiger partial charge in [0.1, 0.15) is 0 Å². The van der Waals surface area contributed by atoms with Gasteiger partial charge in [0.05, 0.1) is 12.8 Å². The summed E-state index contributed by atoms with van der Waals surface area (Å²) in [6, 6.07) is 7.15. The van der Waals surface area contributed by atoms with E-state index in [1.807, 2.05) is 0 Å². The largest absolute Gasteiger partial charge is 0.393 e. The van der Waals surface area contributed by atoms with Crippen molar-refractivity contribution in [1.82, 2.24) is 4.90 Å². The molecule has 1 aromatic carbocycles. The second kappa shape index (κ2) is 11.0. The first-order valence-electron chi connectivity index (χ1n) is 8.32. The quantitative estimate of drug-likeness (QED) is 0.846. The lowest BCUT2D eigenvalue weighted by Gasteiger charge is -2.45. The predicted molar refractivity (Wildman–Crippen MR) is 114 cm³/mol. The molecule has 0 spiro atoms. The van der Waals surface area contributed by atoms with Gasteiger partial charge in [-0.3, -0.25) is 9.29 Å². The second-order valence-corrected chi connectivity index (χ2v) is 6.61. The van der Waals surface area contributed by atoms with E-state index in [9.17, 15) is 9.50 Å². The Morgan fingerprint density at radius 2 is 2.00 bits per heavy atom. The standard InChI is InChI=1S/C18H26FNO.3H2S/c1-2-3-4-13-5-6-14-7-8-20-12-15(11-19)18(21)10-17(20)16(14)9-13;;;/h5-6,9,15,17-18,21H,2-4,7-8,10-12H2,1H3;3*1H2/t15-,17-,18-;;;/m0.../s1/i19-1;;;. The number of aliphatic hydroxyl groups is 1. The lowest BCUT2D eigenvalue weighted by molar-refractivity contribution is -0.0201. The minimum atomic E-state index is -0.499. The Kier molecular flexibility index (Phi) is 11.0. The molecule has 0 saturated carbocycles. The Labute approximate surface area is 166 Å². The number of rotatable bonds is 4. The fraction of sp³-hybridized carbons (Fsp3) is 0.667. The molecule has 2 aliphatic rings. The number of aliphatic hydroxyl groups excluding tert-OH is 1. The fourth-order valence-corrected chi connectivity index (χ4v) is 3.83. The van der Waals surface area contributed by atoms with Gasteiger partial charge in [-0.15, -0.1) is 0 Å². The highest BCUT2D eigenvalue weighted by Crippen LogP contribution is 2.39. The number of alkyl halides is 1. The SMILES string of the molecule is CCCCc1ccc2c(c1)[C@@H]1C[C@H](O)[C@@H](C[18F])CN1CC2.S.S.S. The van der Waals surface area contributed by atoms with Crippen LogP contribution in [-0.4, -0.2) is 35.9 Å². The number of halogens is 1. The minimum Gasteiger partial charge on any atom is -0.393 e. The van der Waals surface area contributed by atoms with Gasteiger partial charge < -0.3 is 5.11 Å². The molecule has 3 atom stereocenters. The Hall–Kier alpha value is 0.120. The average Bonchev–Trinajstić information content (AvgIpc) is 2.52. The normalized spacial score (nSPS) is 25.4. The van der Waals surface area contributed by atoms with Crippen LogP contribution in [0.1, 0.15) is 48.9 Å². The van der Waals surface area contributed by atoms with Crippen LogP contribution in [-0.2, 0) is 12.8 Å². The number of fused-ring (bicyclic) bond motifs is 3. The summed E-state index contributed by atoms with van der Waals surface area (Å²) < 4.78 is 13.0. The molecule has 0 aliphatic carbocycles. The van der Waals surface area contributed by atoms with E-state index in [2.05, 4.69) is 30.0 Å². The molecule has 140 valence electrons. The monoisotopic (exact) mass is 392 g/mol. The van der Waals surface area contributed by atoms with E-state index in [-0.39, 0.29) is 52.4 Å². The molecule has 0 radical (unpaired) electrons. The Morgan fingerprint density at radius 3 is 2.67 bits per heavy atom. The number of nitrogens with zero attached hydrogens (tertiary/aromatic N) is 1. The number of hydrogen-bond donors (Lipinski definition) is 1. The molecule has 1 N–H and O–H groups in total. The lowest BCUT2D eigenvalue weighted by atomic mass is 9.81. The molecular formula is C18H32FNOS3. The summed E-state index contributed by atoms with van der Waals surface area (Å²) in [5.74, 6) is -0.203. The minimum absolute atomic E-state index is 0. The van der Waals surface area contributed by atoms with Gasteiger partial charge in [-0.25, -0.2) is 0 Å². The van der Waals surface area contributed by atoms with Gasteiger partial charge >= 0.3 is 0 Å². The Morgan fingerprint density at radius 1 is 1.25 bits per heavy atom. The van der Waals surface area contributed by atoms with Crippen molar-refractivity contribution in [3.8, 4) is 0 Å². The molecule has 24 heavy (non-hydrogen) atoms. The van der Waals surface area contributed by atoms with Crippen LogP contribution in [0.4, 0.5) is 4.39 Å². The maximum Gasteiger partial charge on any atom is 0.0959 e. The van der Waals surface area contributed by atoms with Crippen LogP contribution in [0.25, 0.3) is 0 Å². The third kappa shape index (κ3) is 5.07. The van der Waals surface area contributed by atoms with Crippen molar-refractivity contribution >= 4 is 40.5 Å². The van der Waals surface area contributed by atoms with Crippen molar-refractivity contribution in [2.45, 2.75) is 51.2 Å². The maximum absolute atomic E-state index is 13.0. The number of hydrogen-bond acceptors (Lipinski definition) is 2. The van der Waals surface area contributed by atoms with E-state index in [0.29, 0.717) is 13.0 Å². The van der Waals surface area contributed by atoms with E-state index >= 15 is 0 Å². The summed E-state index contributed by atoms with van der Waals surface area (Å²) in [6.07, 6.45) is 4.80. The maximum atomic E-state index is 13.0. The molecule has 1 aromatic rings. The smallest absolute Gasteiger partial charge is 0.0959 e. The van der Waals surface area contributed by atoms with E-state index in [0.717, 1.165) is 19.4 Å². The van der Waals surface area contributed by atoms with Crippen LogP contribution in [0.3, 0.4) is 0 Å². The number of piperidine rings is 1. The summed E-state index contributed by atoms with van der Waals surface area (Å²) >= 11 is 0. The highest BCUT2D eigenvalue weighted by molar-refractivity contribution is 7.59. The van der Waals surface area contributed by atoms with Crippen LogP contribution >= 0.6 is 40.5 Å². The number of unbranched alkanes of at least 4 members (excludes halogenated alkanes) is 1. The molecular weight excluding hydrogens is 360 g/mol. The van der Waals surface area contributed by atoms with Gasteiger partial charge in [-0.1, -0.05) is 31.5 Å². The van der Waals surface area contributed by atoms with Gasteiger partial charge in [0.25, 0.3) is 0 Å². The molecule has 2 aliphatic heterocycles. The lowest BCUT2D eigenvalue weighted by Crippen LogP contribution is -2.48. The molecule has 6 heteroatoms. The topological polar surface area (TPSA) is 23.5 Å². The first-order chi connectivity index (χ1) is 10.2. The van der Waals surface area contributed by atoms with E-state index < -0.39 is 12.8 Å². The van der Waals surface area contributed by atoms with Crippen molar-refractivity contribution in [3.05, 3.63) is 34.9 Å². The third-order valence-electron chi connectivity index (χ3n) is 5.17. The van der Waals surface area contributed by atoms with Crippen molar-refractivity contribution in [1.29, 1.82) is 0 Å². The van der Waals surface area contributed by atoms with Gasteiger partial charge in [0.2, 0.25) is 0 Å². The van der Waals surface area contributed by atoms with Crippen LogP contribution < -0.4 is 0 Å². The molecule has 2 heterocycles. The van der Waals surface area contributed by atoms with Crippen molar-refractivity contribution < 1.29 is 9.50 Å². The van der Waals surface area contributed by atoms with Crippen LogP contribution in [0.5, 0.6) is 0 Å². The molecule has 0 aromatic heterocycles. The molecule has 2 nitrogen and oxygen atoms in total. The van der Waals surface area contributed by atoms with Gasteiger partial charge in [0.15, 0.2) is 0 Å². The number of aryl methyl sites for hydroxylation is 1. The summed E-state index contributed by atoms with van der Waals surface area (Å²) in [4.78, 5) is 2.38. The Bertz CT molecular complexity index is 503. The van der Waals surface area contributed by atoms with E-state index in [4.69, 9.17) is 0 Å². The second-order valence-electron chi connectivity index (χ2n) is 6.61. The first-order valence-corrected chi connectivity index (χ1v) is 8.32. The Balaban J connectivity index is 0.00000176. The number of benzene rings is 1. The fourth-order valence-electron chi connectivity index (χ4n) is 3.83. The van der Waals surface area contributed by atoms with Crippen molar-refractivity contribution in [2.75, 3.05) is 19.8 Å². The molecule has 3 rings (SSSR count). The highest BCUT2D eigenvalue weighted by Gasteiger charge is 2.38. The average molecular weight is 393 g/mol. The summed E-state index contributed by atoms with van der Waals surface area (Å²) in [6.45, 7) is 3.50. The van der Waals surface area contributed by atoms with Crippen LogP contribution in [0, 0.1) is 5.92 Å². The van der Waals surface area contributed by atoms with Crippen molar-refractivity contribution in [3.63, 3.8) is 0 Å². The zero-order valence-corrected chi connectivity index (χ0v) is 17.4. The molecule has 1 fully saturated rings. The zero-order chi connectivity index (χ0) is 14.8. The van der Waals surface area contributed by atoms with Gasteiger partial charge in [0, 0.05) is 25.0 Å². The summed E-state index contributed by atoms with van der Waals surface area (Å²) in [7, 11) is 0. The van der Waals surface area contributed by atoms with E-state index in [1.54, 1.807) is 0 Å². The molecule has 1 saturated heterocycles. The molecule has 0 bridgehead atoms. The summed E-state index contributed by atoms with van der Waals surface area (Å²) in [5, 5.41) is 10.2. The van der Waals surface area contributed by atoms with E-state index in [1.165, 1.54) is 29.5 Å².